The van der Waals surface area contributed by atoms with Crippen LogP contribution in [0.15, 0.2) is 91.0 Å². The Morgan fingerprint density at radius 3 is 2.10 bits per heavy atom. The first kappa shape index (κ1) is 21.8. The zero-order chi connectivity index (χ0) is 21.0. The maximum absolute atomic E-state index is 10.6. The minimum atomic E-state index is -0.425. The Balaban J connectivity index is 1.60. The number of aliphatic hydroxyl groups excluding tert-OH is 1. The molecular formula is C27H30O3. The second-order valence-corrected chi connectivity index (χ2v) is 7.38. The van der Waals surface area contributed by atoms with Crippen LogP contribution in [0.25, 0.3) is 6.08 Å². The summed E-state index contributed by atoms with van der Waals surface area (Å²) in [5.74, 6) is 0.834. The standard InChI is InChI=1S/C27H30O3/c1-29-26-17-13-23(14-18-26)15-19-27(30-21-24-10-6-3-7-11-24)20-25(28)16-12-22-8-4-2-5-9-22/h2-11,13-15,17-19,25,27-28H,12,16,20-21H2,1H3/b19-15-/t25-,27-/m0/s1. The molecule has 0 saturated carbocycles. The summed E-state index contributed by atoms with van der Waals surface area (Å²) in [4.78, 5) is 0. The van der Waals surface area contributed by atoms with Crippen LogP contribution in [0.5, 0.6) is 5.75 Å². The molecule has 156 valence electrons. The van der Waals surface area contributed by atoms with Gasteiger partial charge in [-0.05, 0) is 41.7 Å². The van der Waals surface area contributed by atoms with Crippen molar-refractivity contribution in [1.29, 1.82) is 0 Å². The minimum absolute atomic E-state index is 0.168. The fourth-order valence-electron chi connectivity index (χ4n) is 3.28. The predicted octanol–water partition coefficient (Wildman–Crippen LogP) is 5.68. The van der Waals surface area contributed by atoms with Gasteiger partial charge >= 0.3 is 0 Å². The maximum Gasteiger partial charge on any atom is 0.118 e. The lowest BCUT2D eigenvalue weighted by Crippen LogP contribution is -2.19. The third-order valence-corrected chi connectivity index (χ3v) is 5.04. The van der Waals surface area contributed by atoms with Crippen molar-refractivity contribution in [3.05, 3.63) is 108 Å². The summed E-state index contributed by atoms with van der Waals surface area (Å²) in [6, 6.07) is 28.3. The molecule has 0 aliphatic carbocycles. The van der Waals surface area contributed by atoms with Gasteiger partial charge in [-0.25, -0.2) is 0 Å². The topological polar surface area (TPSA) is 38.7 Å². The fourth-order valence-corrected chi connectivity index (χ4v) is 3.28. The van der Waals surface area contributed by atoms with Crippen LogP contribution < -0.4 is 4.74 Å². The summed E-state index contributed by atoms with van der Waals surface area (Å²) in [7, 11) is 1.66. The highest BCUT2D eigenvalue weighted by Gasteiger charge is 2.13. The van der Waals surface area contributed by atoms with Gasteiger partial charge in [0.25, 0.3) is 0 Å². The van der Waals surface area contributed by atoms with E-state index in [-0.39, 0.29) is 6.10 Å². The van der Waals surface area contributed by atoms with Gasteiger partial charge < -0.3 is 14.6 Å². The molecule has 0 bridgehead atoms. The Morgan fingerprint density at radius 1 is 0.833 bits per heavy atom. The molecule has 2 atom stereocenters. The highest BCUT2D eigenvalue weighted by Crippen LogP contribution is 2.17. The monoisotopic (exact) mass is 402 g/mol. The molecule has 0 aliphatic heterocycles. The van der Waals surface area contributed by atoms with E-state index in [1.54, 1.807) is 7.11 Å². The van der Waals surface area contributed by atoms with Crippen molar-refractivity contribution >= 4 is 6.08 Å². The minimum Gasteiger partial charge on any atom is -0.497 e. The Bertz CT molecular complexity index is 873. The van der Waals surface area contributed by atoms with E-state index in [2.05, 4.69) is 24.3 Å². The lowest BCUT2D eigenvalue weighted by Gasteiger charge is -2.19. The van der Waals surface area contributed by atoms with E-state index in [0.29, 0.717) is 19.4 Å². The van der Waals surface area contributed by atoms with Crippen molar-refractivity contribution in [2.24, 2.45) is 0 Å². The molecule has 3 aromatic rings. The van der Waals surface area contributed by atoms with E-state index in [1.807, 2.05) is 72.8 Å². The highest BCUT2D eigenvalue weighted by atomic mass is 16.5. The number of hydrogen-bond donors (Lipinski definition) is 1. The number of methoxy groups -OCH3 is 1. The molecule has 30 heavy (non-hydrogen) atoms. The largest absolute Gasteiger partial charge is 0.497 e. The molecule has 3 heteroatoms. The first-order valence-corrected chi connectivity index (χ1v) is 10.4. The average Bonchev–Trinajstić information content (AvgIpc) is 2.81. The first-order valence-electron chi connectivity index (χ1n) is 10.4. The van der Waals surface area contributed by atoms with Gasteiger partial charge in [0.1, 0.15) is 5.75 Å². The molecule has 3 aromatic carbocycles. The van der Waals surface area contributed by atoms with E-state index in [4.69, 9.17) is 9.47 Å². The Labute approximate surface area is 179 Å². The average molecular weight is 403 g/mol. The van der Waals surface area contributed by atoms with E-state index >= 15 is 0 Å². The Hall–Kier alpha value is -2.88. The summed E-state index contributed by atoms with van der Waals surface area (Å²) in [5, 5.41) is 10.6. The molecule has 0 saturated heterocycles. The molecule has 0 fully saturated rings. The maximum atomic E-state index is 10.6. The second-order valence-electron chi connectivity index (χ2n) is 7.38. The van der Waals surface area contributed by atoms with E-state index < -0.39 is 6.10 Å². The molecular weight excluding hydrogens is 372 g/mol. The number of aryl methyl sites for hydroxylation is 1. The van der Waals surface area contributed by atoms with Gasteiger partial charge in [0, 0.05) is 6.42 Å². The van der Waals surface area contributed by atoms with Crippen molar-refractivity contribution in [1.82, 2.24) is 0 Å². The predicted molar refractivity (Wildman–Crippen MR) is 122 cm³/mol. The quantitative estimate of drug-likeness (QED) is 0.449. The lowest BCUT2D eigenvalue weighted by molar-refractivity contribution is 0.0291. The summed E-state index contributed by atoms with van der Waals surface area (Å²) >= 11 is 0. The Morgan fingerprint density at radius 2 is 1.47 bits per heavy atom. The molecule has 3 nitrogen and oxygen atoms in total. The number of benzene rings is 3. The fraction of sp³-hybridized carbons (Fsp3) is 0.259. The van der Waals surface area contributed by atoms with Gasteiger partial charge in [0.15, 0.2) is 0 Å². The van der Waals surface area contributed by atoms with Crippen molar-refractivity contribution in [2.45, 2.75) is 38.1 Å². The first-order chi connectivity index (χ1) is 14.7. The van der Waals surface area contributed by atoms with E-state index in [0.717, 1.165) is 23.3 Å². The Kier molecular flexibility index (Phi) is 8.70. The summed E-state index contributed by atoms with van der Waals surface area (Å²) in [6.07, 6.45) is 5.62. The van der Waals surface area contributed by atoms with Crippen LogP contribution in [0.1, 0.15) is 29.5 Å². The lowest BCUT2D eigenvalue weighted by atomic mass is 10.0. The molecule has 0 heterocycles. The number of rotatable bonds is 11. The van der Waals surface area contributed by atoms with Crippen molar-refractivity contribution in [2.75, 3.05) is 7.11 Å². The van der Waals surface area contributed by atoms with Gasteiger partial charge in [0.2, 0.25) is 0 Å². The number of aliphatic hydroxyl groups is 1. The van der Waals surface area contributed by atoms with Gasteiger partial charge in [0.05, 0.1) is 25.9 Å². The van der Waals surface area contributed by atoms with Crippen LogP contribution >= 0.6 is 0 Å². The molecule has 0 radical (unpaired) electrons. The summed E-state index contributed by atoms with van der Waals surface area (Å²) in [6.45, 7) is 0.518. The zero-order valence-electron chi connectivity index (χ0n) is 17.5. The zero-order valence-corrected chi connectivity index (χ0v) is 17.5. The highest BCUT2D eigenvalue weighted by molar-refractivity contribution is 5.51. The molecule has 0 aliphatic rings. The molecule has 0 amide bonds. The van der Waals surface area contributed by atoms with Crippen LogP contribution in [0.2, 0.25) is 0 Å². The van der Waals surface area contributed by atoms with Gasteiger partial charge in [-0.1, -0.05) is 84.9 Å². The van der Waals surface area contributed by atoms with Gasteiger partial charge in [-0.15, -0.1) is 0 Å². The summed E-state index contributed by atoms with van der Waals surface area (Å²) < 4.78 is 11.4. The van der Waals surface area contributed by atoms with Gasteiger partial charge in [-0.3, -0.25) is 0 Å². The SMILES string of the molecule is COc1ccc(/C=C\[C@@H](C[C@@H](O)CCc2ccccc2)OCc2ccccc2)cc1. The summed E-state index contributed by atoms with van der Waals surface area (Å²) in [5.41, 5.74) is 3.44. The van der Waals surface area contributed by atoms with Crippen molar-refractivity contribution < 1.29 is 14.6 Å². The van der Waals surface area contributed by atoms with Crippen LogP contribution in [0, 0.1) is 0 Å². The van der Waals surface area contributed by atoms with E-state index in [9.17, 15) is 5.11 Å². The second kappa shape index (κ2) is 12.0. The van der Waals surface area contributed by atoms with E-state index in [1.165, 1.54) is 5.56 Å². The molecule has 0 unspecified atom stereocenters. The van der Waals surface area contributed by atoms with Crippen molar-refractivity contribution in [3.63, 3.8) is 0 Å². The third kappa shape index (κ3) is 7.51. The van der Waals surface area contributed by atoms with Crippen LogP contribution in [0.3, 0.4) is 0 Å². The molecule has 1 N–H and O–H groups in total. The molecule has 0 spiro atoms. The third-order valence-electron chi connectivity index (χ3n) is 5.04. The van der Waals surface area contributed by atoms with Crippen LogP contribution in [-0.4, -0.2) is 24.4 Å². The normalized spacial score (nSPS) is 13.3. The number of ether oxygens (including phenoxy) is 2. The molecule has 3 rings (SSSR count). The number of hydrogen-bond acceptors (Lipinski definition) is 3. The van der Waals surface area contributed by atoms with Crippen LogP contribution in [-0.2, 0) is 17.8 Å². The molecule has 0 aromatic heterocycles. The smallest absolute Gasteiger partial charge is 0.118 e. The van der Waals surface area contributed by atoms with Gasteiger partial charge in [-0.2, -0.15) is 0 Å². The van der Waals surface area contributed by atoms with Crippen LogP contribution in [0.4, 0.5) is 0 Å². The van der Waals surface area contributed by atoms with Crippen molar-refractivity contribution in [3.8, 4) is 5.75 Å².